The summed E-state index contributed by atoms with van der Waals surface area (Å²) < 4.78 is 27.3. The number of H-pyrrole nitrogens is 1. The van der Waals surface area contributed by atoms with Crippen LogP contribution in [0.15, 0.2) is 94.7 Å². The minimum absolute atomic E-state index is 0.203. The smallest absolute Gasteiger partial charge is 0.315 e. The second kappa shape index (κ2) is 11.0. The number of carbonyl (C=O) groups is 1. The maximum atomic E-state index is 13.4. The number of hydrogen-bond donors (Lipinski definition) is 3. The van der Waals surface area contributed by atoms with E-state index in [1.165, 1.54) is 4.31 Å². The van der Waals surface area contributed by atoms with Crippen LogP contribution in [0.4, 0.5) is 4.79 Å². The van der Waals surface area contributed by atoms with Crippen LogP contribution in [0.2, 0.25) is 5.02 Å². The molecule has 0 bridgehead atoms. The van der Waals surface area contributed by atoms with Gasteiger partial charge in [0.25, 0.3) is 0 Å². The number of nitrogens with one attached hydrogen (secondary N) is 3. The van der Waals surface area contributed by atoms with Crippen LogP contribution in [0.5, 0.6) is 0 Å². The highest BCUT2D eigenvalue weighted by Gasteiger charge is 2.30. The first-order chi connectivity index (χ1) is 18.3. The summed E-state index contributed by atoms with van der Waals surface area (Å²) in [6.45, 7) is 0.606. The molecule has 1 fully saturated rings. The second-order valence-corrected chi connectivity index (χ2v) is 11.6. The van der Waals surface area contributed by atoms with E-state index in [0.29, 0.717) is 47.4 Å². The molecule has 1 saturated heterocycles. The van der Waals surface area contributed by atoms with E-state index < -0.39 is 22.1 Å². The fourth-order valence-electron chi connectivity index (χ4n) is 4.75. The van der Waals surface area contributed by atoms with Crippen molar-refractivity contribution in [1.29, 1.82) is 0 Å². The molecule has 0 aliphatic carbocycles. The zero-order valence-electron chi connectivity index (χ0n) is 20.4. The minimum atomic E-state index is -3.57. The van der Waals surface area contributed by atoms with Crippen molar-refractivity contribution in [3.63, 3.8) is 0 Å². The summed E-state index contributed by atoms with van der Waals surface area (Å²) in [5.41, 5.74) is 1.55. The Morgan fingerprint density at radius 2 is 1.63 bits per heavy atom. The molecule has 1 unspecified atom stereocenters. The largest absolute Gasteiger partial charge is 0.361 e. The van der Waals surface area contributed by atoms with Crippen LogP contribution in [0.25, 0.3) is 10.9 Å². The van der Waals surface area contributed by atoms with E-state index in [-0.39, 0.29) is 16.4 Å². The molecule has 3 aromatic carbocycles. The van der Waals surface area contributed by atoms with Crippen molar-refractivity contribution in [2.45, 2.75) is 29.8 Å². The topological polar surface area (TPSA) is 111 Å². The fraction of sp³-hybridized carbons (Fsp3) is 0.214. The summed E-state index contributed by atoms with van der Waals surface area (Å²) in [7, 11) is -3.57. The van der Waals surface area contributed by atoms with Crippen LogP contribution in [0.3, 0.4) is 0 Å². The van der Waals surface area contributed by atoms with E-state index in [4.69, 9.17) is 11.6 Å². The van der Waals surface area contributed by atoms with Gasteiger partial charge in [0, 0.05) is 41.3 Å². The first kappa shape index (κ1) is 26.0. The predicted molar refractivity (Wildman–Crippen MR) is 148 cm³/mol. The number of halogens is 1. The van der Waals surface area contributed by atoms with Crippen molar-refractivity contribution in [3.05, 3.63) is 111 Å². The molecule has 1 aliphatic rings. The van der Waals surface area contributed by atoms with Gasteiger partial charge in [-0.2, -0.15) is 4.31 Å². The van der Waals surface area contributed by atoms with E-state index >= 15 is 0 Å². The number of amides is 2. The summed E-state index contributed by atoms with van der Waals surface area (Å²) in [6, 6.07) is 21.3. The van der Waals surface area contributed by atoms with Crippen molar-refractivity contribution in [2.24, 2.45) is 0 Å². The third-order valence-electron chi connectivity index (χ3n) is 6.76. The van der Waals surface area contributed by atoms with Gasteiger partial charge >= 0.3 is 6.03 Å². The van der Waals surface area contributed by atoms with Gasteiger partial charge in [-0.3, -0.25) is 4.79 Å². The lowest BCUT2D eigenvalue weighted by molar-refractivity contribution is 0.225. The molecule has 1 aromatic heterocycles. The van der Waals surface area contributed by atoms with E-state index in [0.717, 1.165) is 5.56 Å². The summed E-state index contributed by atoms with van der Waals surface area (Å²) in [5.74, 6) is 0. The Labute approximate surface area is 225 Å². The van der Waals surface area contributed by atoms with Gasteiger partial charge in [-0.05, 0) is 48.7 Å². The van der Waals surface area contributed by atoms with Gasteiger partial charge in [-0.25, -0.2) is 13.2 Å². The Morgan fingerprint density at radius 1 is 0.974 bits per heavy atom. The number of rotatable bonds is 6. The van der Waals surface area contributed by atoms with Gasteiger partial charge < -0.3 is 15.6 Å². The molecule has 2 heterocycles. The Bertz CT molecular complexity index is 1600. The molecule has 0 spiro atoms. The average molecular weight is 551 g/mol. The Kier molecular flexibility index (Phi) is 7.51. The molecule has 38 heavy (non-hydrogen) atoms. The monoisotopic (exact) mass is 550 g/mol. The number of urea groups is 1. The molecule has 0 saturated carbocycles. The quantitative estimate of drug-likeness (QED) is 0.330. The van der Waals surface area contributed by atoms with E-state index in [2.05, 4.69) is 15.6 Å². The molecular formula is C28H27ClN4O4S. The third kappa shape index (κ3) is 5.45. The zero-order valence-corrected chi connectivity index (χ0v) is 22.0. The van der Waals surface area contributed by atoms with E-state index in [9.17, 15) is 18.0 Å². The molecule has 196 valence electrons. The fourth-order valence-corrected chi connectivity index (χ4v) is 6.41. The molecule has 1 atom stereocenters. The maximum absolute atomic E-state index is 13.4. The van der Waals surface area contributed by atoms with Gasteiger partial charge in [0.05, 0.1) is 16.5 Å². The van der Waals surface area contributed by atoms with Crippen LogP contribution >= 0.6 is 11.6 Å². The highest BCUT2D eigenvalue weighted by molar-refractivity contribution is 7.89. The number of nitrogens with zero attached hydrogens (tertiary/aromatic N) is 1. The van der Waals surface area contributed by atoms with Crippen LogP contribution in [-0.2, 0) is 10.0 Å². The number of aromatic nitrogens is 1. The van der Waals surface area contributed by atoms with E-state index in [1.54, 1.807) is 54.7 Å². The van der Waals surface area contributed by atoms with Crippen LogP contribution in [0, 0.1) is 0 Å². The maximum Gasteiger partial charge on any atom is 0.315 e. The number of benzene rings is 3. The molecular weight excluding hydrogens is 524 g/mol. The summed E-state index contributed by atoms with van der Waals surface area (Å²) in [6.07, 6.45) is 2.56. The molecule has 4 aromatic rings. The first-order valence-corrected chi connectivity index (χ1v) is 14.1. The first-order valence-electron chi connectivity index (χ1n) is 12.3. The number of fused-ring (bicyclic) bond motifs is 1. The lowest BCUT2D eigenvalue weighted by atomic mass is 9.98. The molecule has 8 nitrogen and oxygen atoms in total. The summed E-state index contributed by atoms with van der Waals surface area (Å²) >= 11 is 6.07. The third-order valence-corrected chi connectivity index (χ3v) is 8.91. The van der Waals surface area contributed by atoms with Crippen molar-refractivity contribution in [1.82, 2.24) is 19.9 Å². The number of sulfonamides is 1. The number of aromatic amines is 1. The van der Waals surface area contributed by atoms with Crippen LogP contribution < -0.4 is 16.1 Å². The van der Waals surface area contributed by atoms with Gasteiger partial charge in [0.1, 0.15) is 0 Å². The highest BCUT2D eigenvalue weighted by atomic mass is 35.5. The van der Waals surface area contributed by atoms with Gasteiger partial charge in [0.2, 0.25) is 10.0 Å². The van der Waals surface area contributed by atoms with Crippen molar-refractivity contribution < 1.29 is 13.2 Å². The van der Waals surface area contributed by atoms with Gasteiger partial charge in [-0.15, -0.1) is 0 Å². The molecule has 10 heteroatoms. The second-order valence-electron chi connectivity index (χ2n) is 9.22. The Balaban J connectivity index is 1.30. The minimum Gasteiger partial charge on any atom is -0.361 e. The van der Waals surface area contributed by atoms with Crippen LogP contribution in [0.1, 0.15) is 30.0 Å². The molecule has 0 radical (unpaired) electrons. The number of carbonyl (C=O) groups excluding carboxylic acids is 1. The molecule has 5 rings (SSSR count). The normalized spacial score (nSPS) is 15.7. The molecule has 3 N–H and O–H groups in total. The van der Waals surface area contributed by atoms with Crippen molar-refractivity contribution >= 4 is 38.6 Å². The SMILES string of the molecule is O=C(NC1CCN(S(=O)(=O)c2ccccc2)CC1)NC(c1ccccc1)c1c[nH]c2cc(Cl)ccc2c1=O. The van der Waals surface area contributed by atoms with Gasteiger partial charge in [-0.1, -0.05) is 60.1 Å². The lowest BCUT2D eigenvalue weighted by Crippen LogP contribution is -2.50. The average Bonchev–Trinajstić information content (AvgIpc) is 2.93. The highest BCUT2D eigenvalue weighted by Crippen LogP contribution is 2.23. The van der Waals surface area contributed by atoms with Crippen molar-refractivity contribution in [3.8, 4) is 0 Å². The van der Waals surface area contributed by atoms with Crippen LogP contribution in [-0.4, -0.2) is 42.9 Å². The number of hydrogen-bond acceptors (Lipinski definition) is 4. The lowest BCUT2D eigenvalue weighted by Gasteiger charge is -2.32. The Morgan fingerprint density at radius 3 is 2.32 bits per heavy atom. The number of piperidine rings is 1. The molecule has 2 amide bonds. The summed E-state index contributed by atoms with van der Waals surface area (Å²) in [4.78, 5) is 29.9. The predicted octanol–water partition coefficient (Wildman–Crippen LogP) is 4.42. The Hall–Kier alpha value is -3.66. The van der Waals surface area contributed by atoms with Crippen molar-refractivity contribution in [2.75, 3.05) is 13.1 Å². The standard InChI is InChI=1S/C28H27ClN4O4S/c29-20-11-12-23-25(17-20)30-18-24(27(23)34)26(19-7-3-1-4-8-19)32-28(35)31-21-13-15-33(16-14-21)38(36,37)22-9-5-2-6-10-22/h1-12,17-18,21,26H,13-16H2,(H,30,34)(H2,31,32,35). The zero-order chi connectivity index (χ0) is 26.7. The van der Waals surface area contributed by atoms with E-state index in [1.807, 2.05) is 30.3 Å². The number of pyridine rings is 1. The summed E-state index contributed by atoms with van der Waals surface area (Å²) in [5, 5.41) is 6.91. The van der Waals surface area contributed by atoms with Gasteiger partial charge in [0.15, 0.2) is 5.43 Å². The molecule has 1 aliphatic heterocycles.